The molecule has 31 heavy (non-hydrogen) atoms. The summed E-state index contributed by atoms with van der Waals surface area (Å²) in [6.45, 7) is 6.14. The molecule has 0 saturated heterocycles. The van der Waals surface area contributed by atoms with Gasteiger partial charge < -0.3 is 9.47 Å². The minimum Gasteiger partial charge on any atom is -0.494 e. The van der Waals surface area contributed by atoms with E-state index < -0.39 is 0 Å². The van der Waals surface area contributed by atoms with Crippen molar-refractivity contribution in [3.8, 4) is 11.5 Å². The van der Waals surface area contributed by atoms with Crippen LogP contribution >= 0.6 is 0 Å². The molecule has 0 aliphatic rings. The number of benzene rings is 2. The van der Waals surface area contributed by atoms with Crippen molar-refractivity contribution >= 4 is 18.2 Å². The van der Waals surface area contributed by atoms with Crippen molar-refractivity contribution in [2.24, 2.45) is 0 Å². The van der Waals surface area contributed by atoms with Crippen LogP contribution in [0.4, 0.5) is 0 Å². The summed E-state index contributed by atoms with van der Waals surface area (Å²) in [6.07, 6.45) is 15.5. The molecule has 0 N–H and O–H groups in total. The van der Waals surface area contributed by atoms with E-state index in [1.165, 1.54) is 75.1 Å². The summed E-state index contributed by atoms with van der Waals surface area (Å²) in [4.78, 5) is 0. The van der Waals surface area contributed by atoms with Gasteiger partial charge in [0.2, 0.25) is 0 Å². The molecule has 0 atom stereocenters. The number of rotatable bonds is 18. The van der Waals surface area contributed by atoms with Gasteiger partial charge in [-0.1, -0.05) is 113 Å². The zero-order valence-electron chi connectivity index (χ0n) is 19.9. The average molecular weight is 421 g/mol. The summed E-state index contributed by atoms with van der Waals surface area (Å²) >= 11 is 0. The third-order valence-electron chi connectivity index (χ3n) is 5.63. The maximum atomic E-state index is 5.88. The Balaban J connectivity index is 1.61. The Bertz CT molecular complexity index is 607. The highest BCUT2D eigenvalue weighted by Gasteiger charge is 2.02. The molecule has 2 aromatic carbocycles. The molecule has 0 aromatic heterocycles. The van der Waals surface area contributed by atoms with Crippen molar-refractivity contribution in [1.29, 1.82) is 0 Å². The van der Waals surface area contributed by atoms with Crippen LogP contribution in [0.1, 0.15) is 90.9 Å². The van der Waals surface area contributed by atoms with Crippen LogP contribution in [0, 0.1) is 0 Å². The first-order valence-corrected chi connectivity index (χ1v) is 12.6. The molecule has 0 spiro atoms. The molecular weight excluding hydrogens is 379 g/mol. The van der Waals surface area contributed by atoms with Crippen molar-refractivity contribution in [3.63, 3.8) is 0 Å². The predicted octanol–water partition coefficient (Wildman–Crippen LogP) is 6.82. The molecule has 0 fully saturated rings. The normalized spacial score (nSPS) is 10.8. The lowest BCUT2D eigenvalue weighted by Gasteiger charge is -2.08. The van der Waals surface area contributed by atoms with Crippen LogP contribution in [0.3, 0.4) is 0 Å². The minimum atomic E-state index is 0.815. The van der Waals surface area contributed by atoms with E-state index >= 15 is 0 Å². The molecule has 0 heterocycles. The second kappa shape index (κ2) is 16.8. The largest absolute Gasteiger partial charge is 0.494 e. The van der Waals surface area contributed by atoms with Gasteiger partial charge in [0.15, 0.2) is 7.28 Å². The van der Waals surface area contributed by atoms with Crippen LogP contribution in [0.5, 0.6) is 11.5 Å². The summed E-state index contributed by atoms with van der Waals surface area (Å²) in [5, 5.41) is 0. The lowest BCUT2D eigenvalue weighted by Crippen LogP contribution is -2.26. The van der Waals surface area contributed by atoms with Gasteiger partial charge in [-0.2, -0.15) is 0 Å². The SMILES string of the molecule is CCCCCCCCOc1ccc([B]c2ccc(OCCCCCCCC)cc2)cc1. The first-order valence-electron chi connectivity index (χ1n) is 12.6. The van der Waals surface area contributed by atoms with Gasteiger partial charge >= 0.3 is 0 Å². The van der Waals surface area contributed by atoms with Gasteiger partial charge in [-0.3, -0.25) is 0 Å². The van der Waals surface area contributed by atoms with E-state index in [9.17, 15) is 0 Å². The fourth-order valence-electron chi connectivity index (χ4n) is 3.66. The summed E-state index contributed by atoms with van der Waals surface area (Å²) < 4.78 is 11.8. The second-order valence-electron chi connectivity index (χ2n) is 8.51. The Morgan fingerprint density at radius 2 is 0.839 bits per heavy atom. The second-order valence-corrected chi connectivity index (χ2v) is 8.51. The van der Waals surface area contributed by atoms with Crippen molar-refractivity contribution in [2.45, 2.75) is 90.9 Å². The zero-order chi connectivity index (χ0) is 22.0. The van der Waals surface area contributed by atoms with Crippen molar-refractivity contribution < 1.29 is 9.47 Å². The highest BCUT2D eigenvalue weighted by Crippen LogP contribution is 2.12. The van der Waals surface area contributed by atoms with Gasteiger partial charge in [-0.25, -0.2) is 0 Å². The minimum absolute atomic E-state index is 0.815. The molecule has 2 aromatic rings. The van der Waals surface area contributed by atoms with Crippen LogP contribution < -0.4 is 20.4 Å². The molecule has 2 rings (SSSR count). The van der Waals surface area contributed by atoms with Crippen LogP contribution in [0.15, 0.2) is 48.5 Å². The highest BCUT2D eigenvalue weighted by atomic mass is 16.5. The Morgan fingerprint density at radius 1 is 0.484 bits per heavy atom. The van der Waals surface area contributed by atoms with Crippen LogP contribution in [0.25, 0.3) is 0 Å². The van der Waals surface area contributed by atoms with Crippen LogP contribution in [0.2, 0.25) is 0 Å². The van der Waals surface area contributed by atoms with Crippen LogP contribution in [-0.2, 0) is 0 Å². The monoisotopic (exact) mass is 421 g/mol. The van der Waals surface area contributed by atoms with Gasteiger partial charge in [0, 0.05) is 0 Å². The van der Waals surface area contributed by atoms with E-state index in [1.807, 2.05) is 0 Å². The molecule has 3 heteroatoms. The Morgan fingerprint density at radius 3 is 1.23 bits per heavy atom. The third-order valence-corrected chi connectivity index (χ3v) is 5.63. The molecule has 2 nitrogen and oxygen atoms in total. The first-order chi connectivity index (χ1) is 15.3. The van der Waals surface area contributed by atoms with Crippen LogP contribution in [-0.4, -0.2) is 20.5 Å². The quantitative estimate of drug-likeness (QED) is 0.194. The number of hydrogen-bond acceptors (Lipinski definition) is 2. The van der Waals surface area contributed by atoms with Gasteiger partial charge in [0.05, 0.1) is 13.2 Å². The smallest absolute Gasteiger partial charge is 0.191 e. The van der Waals surface area contributed by atoms with E-state index in [0.717, 1.165) is 37.6 Å². The van der Waals surface area contributed by atoms with E-state index in [-0.39, 0.29) is 0 Å². The first kappa shape index (κ1) is 25.4. The number of ether oxygens (including phenoxy) is 2. The van der Waals surface area contributed by atoms with E-state index in [4.69, 9.17) is 9.47 Å². The average Bonchev–Trinajstić information content (AvgIpc) is 2.80. The van der Waals surface area contributed by atoms with Gasteiger partial charge in [0.1, 0.15) is 11.5 Å². The Hall–Kier alpha value is -1.90. The molecule has 0 unspecified atom stereocenters. The van der Waals surface area contributed by atoms with E-state index in [1.54, 1.807) is 0 Å². The van der Waals surface area contributed by atoms with E-state index in [0.29, 0.717) is 0 Å². The molecule has 0 saturated carbocycles. The zero-order valence-corrected chi connectivity index (χ0v) is 19.9. The Kier molecular flexibility index (Phi) is 13.7. The van der Waals surface area contributed by atoms with Crippen molar-refractivity contribution in [1.82, 2.24) is 0 Å². The summed E-state index contributed by atoms with van der Waals surface area (Å²) in [6, 6.07) is 16.8. The van der Waals surface area contributed by atoms with Gasteiger partial charge in [-0.15, -0.1) is 0 Å². The fraction of sp³-hybridized carbons (Fsp3) is 0.571. The summed E-state index contributed by atoms with van der Waals surface area (Å²) in [5.41, 5.74) is 2.38. The maximum absolute atomic E-state index is 5.88. The maximum Gasteiger partial charge on any atom is 0.191 e. The van der Waals surface area contributed by atoms with Crippen molar-refractivity contribution in [3.05, 3.63) is 48.5 Å². The highest BCUT2D eigenvalue weighted by molar-refractivity contribution is 6.67. The lowest BCUT2D eigenvalue weighted by molar-refractivity contribution is 0.304. The number of unbranched alkanes of at least 4 members (excludes halogenated alkanes) is 10. The molecule has 0 amide bonds. The summed E-state index contributed by atoms with van der Waals surface area (Å²) in [7, 11) is 2.19. The Labute approximate surface area is 192 Å². The van der Waals surface area contributed by atoms with E-state index in [2.05, 4.69) is 69.7 Å². The third kappa shape index (κ3) is 11.9. The summed E-state index contributed by atoms with van der Waals surface area (Å²) in [5.74, 6) is 1.92. The molecule has 169 valence electrons. The number of hydrogen-bond donors (Lipinski definition) is 0. The standard InChI is InChI=1S/C28H42BO2/c1-3-5-7-9-11-13-23-30-27-19-15-25(16-20-27)29-26-17-21-28(22-18-26)31-24-14-12-10-8-6-4-2/h15-22H,3-14,23-24H2,1-2H3. The molecule has 1 radical (unpaired) electrons. The fourth-order valence-corrected chi connectivity index (χ4v) is 3.66. The molecule has 0 aliphatic carbocycles. The van der Waals surface area contributed by atoms with Gasteiger partial charge in [0.25, 0.3) is 0 Å². The molecular formula is C28H42BO2. The molecule has 0 aliphatic heterocycles. The lowest BCUT2D eigenvalue weighted by atomic mass is 9.64. The topological polar surface area (TPSA) is 18.5 Å². The molecule has 0 bridgehead atoms. The van der Waals surface area contributed by atoms with Crippen molar-refractivity contribution in [2.75, 3.05) is 13.2 Å². The predicted molar refractivity (Wildman–Crippen MR) is 136 cm³/mol. The van der Waals surface area contributed by atoms with Gasteiger partial charge in [-0.05, 0) is 37.1 Å².